The lowest BCUT2D eigenvalue weighted by Crippen LogP contribution is -2.21. The molecule has 2 N–H and O–H groups in total. The third kappa shape index (κ3) is 5.46. The third-order valence-corrected chi connectivity index (χ3v) is 5.04. The SMILES string of the molecule is O=C(Nc1cccc2cccnc12)c1nc(Cc2cccnc2)n2ccccc12.O=C(O)C(F)(F)F. The van der Waals surface area contributed by atoms with Crippen molar-refractivity contribution in [1.82, 2.24) is 19.4 Å². The molecule has 11 heteroatoms. The lowest BCUT2D eigenvalue weighted by atomic mass is 10.2. The maximum Gasteiger partial charge on any atom is 0.490 e. The highest BCUT2D eigenvalue weighted by Gasteiger charge is 2.38. The van der Waals surface area contributed by atoms with Crippen molar-refractivity contribution in [2.24, 2.45) is 0 Å². The Morgan fingerprint density at radius 2 is 1.72 bits per heavy atom. The van der Waals surface area contributed by atoms with E-state index in [4.69, 9.17) is 9.90 Å². The Labute approximate surface area is 202 Å². The number of hydrogen-bond donors (Lipinski definition) is 2. The molecule has 1 aromatic carbocycles. The van der Waals surface area contributed by atoms with Crippen LogP contribution in [0.25, 0.3) is 16.4 Å². The summed E-state index contributed by atoms with van der Waals surface area (Å²) in [6.07, 6.45) is 2.69. The number of rotatable bonds is 4. The predicted octanol–water partition coefficient (Wildman–Crippen LogP) is 4.75. The number of halogens is 3. The van der Waals surface area contributed by atoms with Crippen molar-refractivity contribution in [2.75, 3.05) is 5.32 Å². The Hall–Kier alpha value is -4.80. The molecule has 0 aliphatic heterocycles. The molecule has 8 nitrogen and oxygen atoms in total. The van der Waals surface area contributed by atoms with Gasteiger partial charge >= 0.3 is 12.1 Å². The van der Waals surface area contributed by atoms with Crippen LogP contribution in [0.2, 0.25) is 0 Å². The summed E-state index contributed by atoms with van der Waals surface area (Å²) < 4.78 is 33.7. The Kier molecular flexibility index (Phi) is 6.91. The summed E-state index contributed by atoms with van der Waals surface area (Å²) in [6, 6.07) is 19.2. The fourth-order valence-corrected chi connectivity index (χ4v) is 3.47. The van der Waals surface area contributed by atoms with Gasteiger partial charge in [-0.05, 0) is 35.9 Å². The molecule has 0 radical (unpaired) electrons. The Balaban J connectivity index is 0.000000384. The number of nitrogens with zero attached hydrogens (tertiary/aromatic N) is 4. The highest BCUT2D eigenvalue weighted by molar-refractivity contribution is 6.10. The zero-order valence-electron chi connectivity index (χ0n) is 18.5. The molecule has 0 saturated carbocycles. The largest absolute Gasteiger partial charge is 0.490 e. The van der Waals surface area contributed by atoms with Gasteiger partial charge in [0.25, 0.3) is 5.91 Å². The molecular formula is C25H18F3N5O3. The number of pyridine rings is 3. The number of carboxylic acids is 1. The number of carbonyl (C=O) groups is 2. The predicted molar refractivity (Wildman–Crippen MR) is 126 cm³/mol. The summed E-state index contributed by atoms with van der Waals surface area (Å²) in [5.41, 5.74) is 3.60. The van der Waals surface area contributed by atoms with E-state index in [-0.39, 0.29) is 5.91 Å². The Bertz CT molecular complexity index is 1530. The van der Waals surface area contributed by atoms with Gasteiger partial charge in [-0.15, -0.1) is 0 Å². The van der Waals surface area contributed by atoms with E-state index in [9.17, 15) is 18.0 Å². The highest BCUT2D eigenvalue weighted by Crippen LogP contribution is 2.23. The maximum absolute atomic E-state index is 13.1. The Morgan fingerprint density at radius 1 is 0.972 bits per heavy atom. The third-order valence-electron chi connectivity index (χ3n) is 5.04. The monoisotopic (exact) mass is 493 g/mol. The number of carbonyl (C=O) groups excluding carboxylic acids is 1. The van der Waals surface area contributed by atoms with Gasteiger partial charge in [-0.25, -0.2) is 9.78 Å². The summed E-state index contributed by atoms with van der Waals surface area (Å²) in [5, 5.41) is 11.1. The second-order valence-electron chi connectivity index (χ2n) is 7.51. The number of benzene rings is 1. The number of aliphatic carboxylic acids is 1. The van der Waals surface area contributed by atoms with Crippen LogP contribution in [0.3, 0.4) is 0 Å². The van der Waals surface area contributed by atoms with Crippen LogP contribution in [0.15, 0.2) is 85.5 Å². The number of imidazole rings is 1. The fourth-order valence-electron chi connectivity index (χ4n) is 3.47. The smallest absolute Gasteiger partial charge is 0.475 e. The van der Waals surface area contributed by atoms with Gasteiger partial charge in [-0.3, -0.25) is 14.8 Å². The zero-order chi connectivity index (χ0) is 25.7. The first-order chi connectivity index (χ1) is 17.2. The van der Waals surface area contributed by atoms with E-state index in [1.54, 1.807) is 12.4 Å². The number of aromatic nitrogens is 4. The van der Waals surface area contributed by atoms with Crippen molar-refractivity contribution in [3.05, 3.63) is 103 Å². The van der Waals surface area contributed by atoms with Crippen molar-refractivity contribution in [3.63, 3.8) is 0 Å². The number of alkyl halides is 3. The molecule has 0 unspecified atom stereocenters. The van der Waals surface area contributed by atoms with Crippen LogP contribution in [-0.4, -0.2) is 42.5 Å². The summed E-state index contributed by atoms with van der Waals surface area (Å²) in [5.74, 6) is -2.23. The van der Waals surface area contributed by atoms with Gasteiger partial charge in [0.1, 0.15) is 5.82 Å². The van der Waals surface area contributed by atoms with Crippen LogP contribution >= 0.6 is 0 Å². The normalized spacial score (nSPS) is 11.1. The zero-order valence-corrected chi connectivity index (χ0v) is 18.5. The van der Waals surface area contributed by atoms with E-state index in [1.807, 2.05) is 77.5 Å². The van der Waals surface area contributed by atoms with E-state index in [0.717, 1.165) is 27.8 Å². The number of para-hydroxylation sites is 1. The minimum atomic E-state index is -5.08. The molecule has 36 heavy (non-hydrogen) atoms. The van der Waals surface area contributed by atoms with Gasteiger partial charge in [0.2, 0.25) is 0 Å². The maximum atomic E-state index is 13.1. The van der Waals surface area contributed by atoms with Gasteiger partial charge in [0.15, 0.2) is 5.69 Å². The molecule has 1 amide bonds. The highest BCUT2D eigenvalue weighted by atomic mass is 19.4. The first kappa shape index (κ1) is 24.3. The number of carboxylic acid groups (broad SMARTS) is 1. The van der Waals surface area contributed by atoms with Crippen LogP contribution in [0.5, 0.6) is 0 Å². The molecule has 0 atom stereocenters. The van der Waals surface area contributed by atoms with Gasteiger partial charge in [0, 0.05) is 36.6 Å². The first-order valence-corrected chi connectivity index (χ1v) is 10.5. The molecule has 0 aliphatic rings. The molecule has 0 bridgehead atoms. The fraction of sp³-hybridized carbons (Fsp3) is 0.0800. The number of hydrogen-bond acceptors (Lipinski definition) is 5. The van der Waals surface area contributed by atoms with E-state index in [2.05, 4.69) is 20.3 Å². The number of anilines is 1. The van der Waals surface area contributed by atoms with Gasteiger partial charge in [-0.2, -0.15) is 13.2 Å². The standard InChI is InChI=1S/C23H17N5O.C2HF3O2/c29-23(26-18-9-3-7-17-8-5-12-25-21(17)18)22-19-10-1-2-13-28(19)20(27-22)14-16-6-4-11-24-15-16;3-2(4,5)1(6)7/h1-13,15H,14H2,(H,26,29);(H,6,7). The molecule has 0 fully saturated rings. The molecular weight excluding hydrogens is 475 g/mol. The minimum Gasteiger partial charge on any atom is -0.475 e. The number of nitrogens with one attached hydrogen (secondary N) is 1. The van der Waals surface area contributed by atoms with E-state index in [0.29, 0.717) is 17.8 Å². The molecule has 5 aromatic rings. The van der Waals surface area contributed by atoms with E-state index in [1.165, 1.54) is 0 Å². The van der Waals surface area contributed by atoms with Crippen molar-refractivity contribution in [3.8, 4) is 0 Å². The van der Waals surface area contributed by atoms with E-state index >= 15 is 0 Å². The van der Waals surface area contributed by atoms with Gasteiger partial charge in [0.05, 0.1) is 16.7 Å². The summed E-state index contributed by atoms with van der Waals surface area (Å²) in [4.78, 5) is 35.2. The van der Waals surface area contributed by atoms with Gasteiger partial charge < -0.3 is 14.8 Å². The molecule has 4 aromatic heterocycles. The quantitative estimate of drug-likeness (QED) is 0.374. The molecule has 0 aliphatic carbocycles. The molecule has 182 valence electrons. The lowest BCUT2D eigenvalue weighted by molar-refractivity contribution is -0.192. The molecule has 5 rings (SSSR count). The lowest BCUT2D eigenvalue weighted by Gasteiger charge is -2.07. The van der Waals surface area contributed by atoms with Crippen molar-refractivity contribution < 1.29 is 27.9 Å². The topological polar surface area (TPSA) is 109 Å². The second kappa shape index (κ2) is 10.2. The van der Waals surface area contributed by atoms with Crippen molar-refractivity contribution in [1.29, 1.82) is 0 Å². The minimum absolute atomic E-state index is 0.260. The van der Waals surface area contributed by atoms with E-state index < -0.39 is 12.1 Å². The molecule has 0 saturated heterocycles. The number of fused-ring (bicyclic) bond motifs is 2. The van der Waals surface area contributed by atoms with Crippen molar-refractivity contribution >= 4 is 34.0 Å². The molecule has 0 spiro atoms. The summed E-state index contributed by atoms with van der Waals surface area (Å²) in [6.45, 7) is 0. The second-order valence-corrected chi connectivity index (χ2v) is 7.51. The average Bonchev–Trinajstić information content (AvgIpc) is 3.23. The molecule has 4 heterocycles. The van der Waals surface area contributed by atoms with Crippen LogP contribution < -0.4 is 5.32 Å². The Morgan fingerprint density at radius 3 is 2.44 bits per heavy atom. The summed E-state index contributed by atoms with van der Waals surface area (Å²) in [7, 11) is 0. The van der Waals surface area contributed by atoms with Crippen LogP contribution in [0.4, 0.5) is 18.9 Å². The van der Waals surface area contributed by atoms with Crippen LogP contribution in [0, 0.1) is 0 Å². The summed E-state index contributed by atoms with van der Waals surface area (Å²) >= 11 is 0. The van der Waals surface area contributed by atoms with Crippen LogP contribution in [-0.2, 0) is 11.2 Å². The van der Waals surface area contributed by atoms with Crippen LogP contribution in [0.1, 0.15) is 21.9 Å². The number of amides is 1. The first-order valence-electron chi connectivity index (χ1n) is 10.5. The average molecular weight is 493 g/mol. The van der Waals surface area contributed by atoms with Gasteiger partial charge in [-0.1, -0.05) is 30.3 Å². The van der Waals surface area contributed by atoms with Crippen molar-refractivity contribution in [2.45, 2.75) is 12.6 Å².